The van der Waals surface area contributed by atoms with Crippen LogP contribution >= 0.6 is 23.1 Å². The zero-order valence-electron chi connectivity index (χ0n) is 17.7. The second-order valence-corrected chi connectivity index (χ2v) is 9.71. The van der Waals surface area contributed by atoms with Crippen molar-refractivity contribution in [2.45, 2.75) is 10.8 Å². The molecule has 34 heavy (non-hydrogen) atoms. The van der Waals surface area contributed by atoms with Gasteiger partial charge in [0.2, 0.25) is 29.6 Å². The molecular weight excluding hydrogens is 478 g/mol. The number of rotatable bonds is 7. The Morgan fingerprint density at radius 1 is 1.09 bits per heavy atom. The van der Waals surface area contributed by atoms with Gasteiger partial charge in [-0.3, -0.25) is 14.4 Å². The van der Waals surface area contributed by atoms with Crippen molar-refractivity contribution in [1.82, 2.24) is 10.2 Å². The van der Waals surface area contributed by atoms with Gasteiger partial charge in [0.25, 0.3) is 0 Å². The molecule has 0 unspecified atom stereocenters. The number of hydrogen-bond donors (Lipinski definition) is 2. The SMILES string of the molecule is O=C(CSc1nnc(NC(=O)[C@@H]2CC(=O)N(c3ccccc3)C2)s1)Nc1ccc2c(c1)OCO2. The molecular formula is C22H19N5O5S2. The van der Waals surface area contributed by atoms with Gasteiger partial charge in [-0.2, -0.15) is 0 Å². The molecule has 0 radical (unpaired) electrons. The van der Waals surface area contributed by atoms with Gasteiger partial charge < -0.3 is 25.0 Å². The number of aromatic nitrogens is 2. The van der Waals surface area contributed by atoms with E-state index in [0.717, 1.165) is 5.69 Å². The number of fused-ring (bicyclic) bond motifs is 1. The van der Waals surface area contributed by atoms with Gasteiger partial charge in [0.05, 0.1) is 11.7 Å². The third kappa shape index (κ3) is 4.97. The number of nitrogens with one attached hydrogen (secondary N) is 2. The Hall–Kier alpha value is -3.64. The van der Waals surface area contributed by atoms with Crippen molar-refractivity contribution in [2.24, 2.45) is 5.92 Å². The molecule has 1 aromatic heterocycles. The minimum Gasteiger partial charge on any atom is -0.454 e. The van der Waals surface area contributed by atoms with Crippen LogP contribution in [0.4, 0.5) is 16.5 Å². The second kappa shape index (κ2) is 9.69. The second-order valence-electron chi connectivity index (χ2n) is 7.51. The zero-order chi connectivity index (χ0) is 23.5. The van der Waals surface area contributed by atoms with Crippen molar-refractivity contribution in [3.8, 4) is 11.5 Å². The van der Waals surface area contributed by atoms with Gasteiger partial charge >= 0.3 is 0 Å². The molecule has 0 spiro atoms. The molecule has 2 aliphatic heterocycles. The number of para-hydroxylation sites is 1. The summed E-state index contributed by atoms with van der Waals surface area (Å²) in [6.07, 6.45) is 0.140. The smallest absolute Gasteiger partial charge is 0.234 e. The summed E-state index contributed by atoms with van der Waals surface area (Å²) in [4.78, 5) is 38.9. The van der Waals surface area contributed by atoms with Crippen LogP contribution in [0.15, 0.2) is 52.9 Å². The summed E-state index contributed by atoms with van der Waals surface area (Å²) in [7, 11) is 0. The molecule has 1 fully saturated rings. The number of carbonyl (C=O) groups excluding carboxylic acids is 3. The topological polar surface area (TPSA) is 123 Å². The van der Waals surface area contributed by atoms with Crippen LogP contribution in [0.25, 0.3) is 0 Å². The van der Waals surface area contributed by atoms with Crippen molar-refractivity contribution in [3.05, 3.63) is 48.5 Å². The van der Waals surface area contributed by atoms with Crippen molar-refractivity contribution < 1.29 is 23.9 Å². The number of hydrogen-bond acceptors (Lipinski definition) is 9. The summed E-state index contributed by atoms with van der Waals surface area (Å²) in [6, 6.07) is 14.4. The van der Waals surface area contributed by atoms with Crippen LogP contribution in [0.2, 0.25) is 0 Å². The predicted octanol–water partition coefficient (Wildman–Crippen LogP) is 2.99. The maximum atomic E-state index is 12.7. The molecule has 3 heterocycles. The molecule has 10 nitrogen and oxygen atoms in total. The number of nitrogens with zero attached hydrogens (tertiary/aromatic N) is 3. The minimum atomic E-state index is -0.472. The molecule has 0 aliphatic carbocycles. The lowest BCUT2D eigenvalue weighted by Gasteiger charge is -2.16. The van der Waals surface area contributed by atoms with Gasteiger partial charge in [-0.15, -0.1) is 10.2 Å². The first kappa shape index (κ1) is 22.2. The van der Waals surface area contributed by atoms with Gasteiger partial charge in [0, 0.05) is 30.4 Å². The number of benzene rings is 2. The molecule has 1 saturated heterocycles. The minimum absolute atomic E-state index is 0.0895. The lowest BCUT2D eigenvalue weighted by Crippen LogP contribution is -2.28. The van der Waals surface area contributed by atoms with Crippen LogP contribution in [0.5, 0.6) is 11.5 Å². The molecule has 12 heteroatoms. The molecule has 3 aromatic rings. The summed E-state index contributed by atoms with van der Waals surface area (Å²) < 4.78 is 11.1. The monoisotopic (exact) mass is 497 g/mol. The van der Waals surface area contributed by atoms with Crippen molar-refractivity contribution in [1.29, 1.82) is 0 Å². The van der Waals surface area contributed by atoms with Crippen LogP contribution < -0.4 is 25.0 Å². The number of anilines is 3. The van der Waals surface area contributed by atoms with Gasteiger partial charge in [0.15, 0.2) is 15.8 Å². The fourth-order valence-corrected chi connectivity index (χ4v) is 5.12. The number of carbonyl (C=O) groups is 3. The largest absolute Gasteiger partial charge is 0.454 e. The van der Waals surface area contributed by atoms with Crippen molar-refractivity contribution >= 4 is 57.3 Å². The Bertz CT molecular complexity index is 1240. The Morgan fingerprint density at radius 3 is 2.76 bits per heavy atom. The molecule has 3 amide bonds. The number of ether oxygens (including phenoxy) is 2. The van der Waals surface area contributed by atoms with Crippen LogP contribution in [0.1, 0.15) is 6.42 Å². The average molecular weight is 498 g/mol. The highest BCUT2D eigenvalue weighted by molar-refractivity contribution is 8.01. The summed E-state index contributed by atoms with van der Waals surface area (Å²) in [6.45, 7) is 0.482. The zero-order valence-corrected chi connectivity index (χ0v) is 19.4. The highest BCUT2D eigenvalue weighted by Gasteiger charge is 2.35. The first-order valence-corrected chi connectivity index (χ1v) is 12.2. The molecule has 0 saturated carbocycles. The molecule has 5 rings (SSSR count). The van der Waals surface area contributed by atoms with Gasteiger partial charge in [-0.25, -0.2) is 0 Å². The molecule has 174 valence electrons. The summed E-state index contributed by atoms with van der Waals surface area (Å²) in [5.74, 6) is 0.306. The number of thioether (sulfide) groups is 1. The summed E-state index contributed by atoms with van der Waals surface area (Å²) >= 11 is 2.39. The average Bonchev–Trinajstić information content (AvgIpc) is 3.58. The van der Waals surface area contributed by atoms with E-state index >= 15 is 0 Å². The van der Waals surface area contributed by atoms with Gasteiger partial charge in [-0.05, 0) is 24.3 Å². The highest BCUT2D eigenvalue weighted by atomic mass is 32.2. The molecule has 1 atom stereocenters. The van der Waals surface area contributed by atoms with E-state index < -0.39 is 5.92 Å². The first-order valence-electron chi connectivity index (χ1n) is 10.4. The Morgan fingerprint density at radius 2 is 1.91 bits per heavy atom. The Balaban J connectivity index is 1.11. The molecule has 2 aromatic carbocycles. The van der Waals surface area contributed by atoms with E-state index in [0.29, 0.717) is 33.2 Å². The summed E-state index contributed by atoms with van der Waals surface area (Å²) in [5.41, 5.74) is 1.38. The van der Waals surface area contributed by atoms with Crippen molar-refractivity contribution in [3.63, 3.8) is 0 Å². The third-order valence-corrected chi connectivity index (χ3v) is 7.16. The van der Waals surface area contributed by atoms with Crippen molar-refractivity contribution in [2.75, 3.05) is 34.6 Å². The van der Waals surface area contributed by atoms with Crippen LogP contribution in [0, 0.1) is 5.92 Å². The van der Waals surface area contributed by atoms with E-state index in [-0.39, 0.29) is 36.7 Å². The van der Waals surface area contributed by atoms with Gasteiger partial charge in [-0.1, -0.05) is 41.3 Å². The van der Waals surface area contributed by atoms with E-state index in [1.54, 1.807) is 23.1 Å². The van der Waals surface area contributed by atoms with E-state index in [9.17, 15) is 14.4 Å². The maximum Gasteiger partial charge on any atom is 0.234 e. The quantitative estimate of drug-likeness (QED) is 0.377. The Kier molecular flexibility index (Phi) is 6.32. The lowest BCUT2D eigenvalue weighted by atomic mass is 10.1. The number of amides is 3. The fraction of sp³-hybridized carbons (Fsp3) is 0.227. The predicted molar refractivity (Wildman–Crippen MR) is 127 cm³/mol. The Labute approximate surface area is 202 Å². The van der Waals surface area contributed by atoms with E-state index in [1.807, 2.05) is 30.3 Å². The normalized spacial score (nSPS) is 16.5. The van der Waals surface area contributed by atoms with Crippen LogP contribution in [0.3, 0.4) is 0 Å². The maximum absolute atomic E-state index is 12.7. The fourth-order valence-electron chi connectivity index (χ4n) is 3.57. The molecule has 0 bridgehead atoms. The van der Waals surface area contributed by atoms with Gasteiger partial charge in [0.1, 0.15) is 0 Å². The molecule has 2 aliphatic rings. The van der Waals surface area contributed by atoms with Crippen LogP contribution in [-0.4, -0.2) is 47.0 Å². The first-order chi connectivity index (χ1) is 16.5. The standard InChI is InChI=1S/C22H19N5O5S2/c28-18(23-14-6-7-16-17(9-14)32-12-31-16)11-33-22-26-25-21(34-22)24-20(30)13-8-19(29)27(10-13)15-4-2-1-3-5-15/h1-7,9,13H,8,10-12H2,(H,23,28)(H,24,25,30)/t13-/m1/s1. The third-order valence-electron chi connectivity index (χ3n) is 5.18. The lowest BCUT2D eigenvalue weighted by molar-refractivity contribution is -0.122. The van der Waals surface area contributed by atoms with E-state index in [1.165, 1.54) is 23.1 Å². The van der Waals surface area contributed by atoms with E-state index in [4.69, 9.17) is 9.47 Å². The molecule has 2 N–H and O–H groups in total. The highest BCUT2D eigenvalue weighted by Crippen LogP contribution is 2.34. The summed E-state index contributed by atoms with van der Waals surface area (Å²) in [5, 5.41) is 13.9. The van der Waals surface area contributed by atoms with Crippen LogP contribution in [-0.2, 0) is 14.4 Å². The van der Waals surface area contributed by atoms with E-state index in [2.05, 4.69) is 20.8 Å².